The molecule has 1 aromatic heterocycles. The van der Waals surface area contributed by atoms with Crippen molar-refractivity contribution in [3.05, 3.63) is 17.7 Å². The van der Waals surface area contributed by atoms with Gasteiger partial charge in [-0.1, -0.05) is 0 Å². The lowest BCUT2D eigenvalue weighted by atomic mass is 10.0. The van der Waals surface area contributed by atoms with Crippen LogP contribution in [0.1, 0.15) is 43.1 Å². The molecule has 0 radical (unpaired) electrons. The van der Waals surface area contributed by atoms with Crippen LogP contribution in [0.15, 0.2) is 6.33 Å². The molecule has 0 unspecified atom stereocenters. The van der Waals surface area contributed by atoms with Crippen LogP contribution >= 0.6 is 0 Å². The Balaban J connectivity index is 1.56. The fourth-order valence-corrected chi connectivity index (χ4v) is 3.66. The van der Waals surface area contributed by atoms with Crippen LogP contribution in [0.3, 0.4) is 0 Å². The fraction of sp³-hybridized carbons (Fsp3) is 0.812. The molecule has 1 aromatic rings. The highest BCUT2D eigenvalue weighted by Gasteiger charge is 2.26. The average Bonchev–Trinajstić information content (AvgIpc) is 3.04. The van der Waals surface area contributed by atoms with E-state index in [2.05, 4.69) is 39.8 Å². The van der Waals surface area contributed by atoms with Gasteiger partial charge in [-0.25, -0.2) is 4.98 Å². The summed E-state index contributed by atoms with van der Waals surface area (Å²) >= 11 is 0. The van der Waals surface area contributed by atoms with E-state index in [1.807, 2.05) is 0 Å². The molecule has 1 aliphatic carbocycles. The minimum atomic E-state index is 0.670. The minimum absolute atomic E-state index is 0.670. The molecule has 20 heavy (non-hydrogen) atoms. The molecule has 1 fully saturated rings. The molecule has 2 aliphatic rings. The van der Waals surface area contributed by atoms with E-state index in [-0.39, 0.29) is 0 Å². The van der Waals surface area contributed by atoms with Crippen LogP contribution in [0.2, 0.25) is 0 Å². The van der Waals surface area contributed by atoms with Gasteiger partial charge in [0.25, 0.3) is 0 Å². The topological polar surface area (TPSA) is 24.3 Å². The van der Waals surface area contributed by atoms with Gasteiger partial charge in [0.15, 0.2) is 0 Å². The summed E-state index contributed by atoms with van der Waals surface area (Å²) in [6.45, 7) is 4.91. The first-order valence-corrected chi connectivity index (χ1v) is 8.15. The number of likely N-dealkylation sites (tertiary alicyclic amines) is 1. The second kappa shape index (κ2) is 6.27. The Kier molecular flexibility index (Phi) is 4.41. The van der Waals surface area contributed by atoms with E-state index in [0.717, 1.165) is 0 Å². The van der Waals surface area contributed by atoms with Crippen molar-refractivity contribution < 1.29 is 0 Å². The Morgan fingerprint density at radius 3 is 3.00 bits per heavy atom. The van der Waals surface area contributed by atoms with E-state index < -0.39 is 0 Å². The van der Waals surface area contributed by atoms with Crippen LogP contribution in [0.25, 0.3) is 0 Å². The van der Waals surface area contributed by atoms with Crippen molar-refractivity contribution in [2.75, 3.05) is 40.3 Å². The molecule has 1 atom stereocenters. The zero-order chi connectivity index (χ0) is 13.9. The summed E-state index contributed by atoms with van der Waals surface area (Å²) < 4.78 is 2.50. The van der Waals surface area contributed by atoms with Crippen LogP contribution in [-0.4, -0.2) is 59.6 Å². The monoisotopic (exact) mass is 276 g/mol. The van der Waals surface area contributed by atoms with Crippen LogP contribution in [0.5, 0.6) is 0 Å². The van der Waals surface area contributed by atoms with Gasteiger partial charge in [0.05, 0.1) is 12.0 Å². The minimum Gasteiger partial charge on any atom is -0.330 e. The smallest absolute Gasteiger partial charge is 0.0954 e. The van der Waals surface area contributed by atoms with Crippen molar-refractivity contribution >= 4 is 0 Å². The van der Waals surface area contributed by atoms with Gasteiger partial charge < -0.3 is 14.4 Å². The number of aryl methyl sites for hydroxylation is 1. The van der Waals surface area contributed by atoms with Crippen molar-refractivity contribution in [2.24, 2.45) is 0 Å². The summed E-state index contributed by atoms with van der Waals surface area (Å²) in [5, 5.41) is 0. The molecule has 1 aliphatic heterocycles. The average molecular weight is 276 g/mol. The number of rotatable bonds is 5. The maximum absolute atomic E-state index is 4.65. The van der Waals surface area contributed by atoms with Gasteiger partial charge in [-0.2, -0.15) is 0 Å². The number of hydrogen-bond donors (Lipinski definition) is 0. The van der Waals surface area contributed by atoms with Gasteiger partial charge in [0, 0.05) is 24.8 Å². The predicted octanol–water partition coefficient (Wildman–Crippen LogP) is 1.96. The maximum Gasteiger partial charge on any atom is 0.0954 e. The summed E-state index contributed by atoms with van der Waals surface area (Å²) in [6.07, 6.45) is 9.80. The Morgan fingerprint density at radius 2 is 2.15 bits per heavy atom. The largest absolute Gasteiger partial charge is 0.330 e. The number of nitrogens with zero attached hydrogens (tertiary/aromatic N) is 4. The molecule has 4 heteroatoms. The summed E-state index contributed by atoms with van der Waals surface area (Å²) in [5.41, 5.74) is 2.92. The molecule has 0 N–H and O–H groups in total. The Labute approximate surface area is 122 Å². The first-order chi connectivity index (χ1) is 9.74. The van der Waals surface area contributed by atoms with Gasteiger partial charge in [0.1, 0.15) is 0 Å². The number of aromatic nitrogens is 2. The molecule has 0 aromatic carbocycles. The number of imidazole rings is 1. The zero-order valence-electron chi connectivity index (χ0n) is 13.0. The van der Waals surface area contributed by atoms with Gasteiger partial charge in [-0.05, 0) is 65.7 Å². The third-order valence-electron chi connectivity index (χ3n) is 4.78. The van der Waals surface area contributed by atoms with Crippen LogP contribution in [-0.2, 0) is 12.8 Å². The van der Waals surface area contributed by atoms with Crippen LogP contribution in [0.4, 0.5) is 0 Å². The van der Waals surface area contributed by atoms with E-state index >= 15 is 0 Å². The van der Waals surface area contributed by atoms with Gasteiger partial charge >= 0.3 is 0 Å². The van der Waals surface area contributed by atoms with E-state index in [1.54, 1.807) is 0 Å². The standard InChI is InChI=1S/C16H28N4/c1-18(2)9-5-10-19-11-8-14(12-19)20-13-17-15-6-3-4-7-16(15)20/h13-14H,3-12H2,1-2H3/t14-/m0/s1. The van der Waals surface area contributed by atoms with Crippen molar-refractivity contribution in [1.29, 1.82) is 0 Å². The molecule has 2 heterocycles. The molecule has 0 amide bonds. The molecule has 3 rings (SSSR count). The molecule has 0 saturated carbocycles. The second-order valence-electron chi connectivity index (χ2n) is 6.65. The third kappa shape index (κ3) is 3.07. The van der Waals surface area contributed by atoms with E-state index in [4.69, 9.17) is 0 Å². The molecule has 112 valence electrons. The highest BCUT2D eigenvalue weighted by atomic mass is 15.2. The normalized spacial score (nSPS) is 23.4. The quantitative estimate of drug-likeness (QED) is 0.821. The predicted molar refractivity (Wildman–Crippen MR) is 82.1 cm³/mol. The number of hydrogen-bond acceptors (Lipinski definition) is 3. The van der Waals surface area contributed by atoms with E-state index in [0.29, 0.717) is 6.04 Å². The summed E-state index contributed by atoms with van der Waals surface area (Å²) in [6, 6.07) is 0.670. The summed E-state index contributed by atoms with van der Waals surface area (Å²) in [7, 11) is 4.31. The second-order valence-corrected chi connectivity index (χ2v) is 6.65. The Hall–Kier alpha value is -0.870. The number of fused-ring (bicyclic) bond motifs is 1. The van der Waals surface area contributed by atoms with Crippen LogP contribution in [0, 0.1) is 0 Å². The fourth-order valence-electron chi connectivity index (χ4n) is 3.66. The lowest BCUT2D eigenvalue weighted by Crippen LogP contribution is -2.26. The van der Waals surface area contributed by atoms with Crippen molar-refractivity contribution in [3.63, 3.8) is 0 Å². The molecule has 1 saturated heterocycles. The third-order valence-corrected chi connectivity index (χ3v) is 4.78. The van der Waals surface area contributed by atoms with Crippen LogP contribution < -0.4 is 0 Å². The lowest BCUT2D eigenvalue weighted by Gasteiger charge is -2.20. The van der Waals surface area contributed by atoms with E-state index in [9.17, 15) is 0 Å². The van der Waals surface area contributed by atoms with Crippen molar-refractivity contribution in [3.8, 4) is 0 Å². The molecular formula is C16H28N4. The van der Waals surface area contributed by atoms with E-state index in [1.165, 1.54) is 76.1 Å². The lowest BCUT2D eigenvalue weighted by molar-refractivity contribution is 0.292. The Morgan fingerprint density at radius 1 is 1.30 bits per heavy atom. The molecular weight excluding hydrogens is 248 g/mol. The SMILES string of the molecule is CN(C)CCCN1CC[C@H](n2cnc3c2CCCC3)C1. The van der Waals surface area contributed by atoms with Gasteiger partial charge in [-0.15, -0.1) is 0 Å². The van der Waals surface area contributed by atoms with Gasteiger partial charge in [-0.3, -0.25) is 0 Å². The maximum atomic E-state index is 4.65. The molecule has 0 spiro atoms. The first-order valence-electron chi connectivity index (χ1n) is 8.15. The van der Waals surface area contributed by atoms with Gasteiger partial charge in [0.2, 0.25) is 0 Å². The van der Waals surface area contributed by atoms with Crippen molar-refractivity contribution in [1.82, 2.24) is 19.4 Å². The summed E-state index contributed by atoms with van der Waals surface area (Å²) in [5.74, 6) is 0. The van der Waals surface area contributed by atoms with Crippen molar-refractivity contribution in [2.45, 2.75) is 44.6 Å². The zero-order valence-corrected chi connectivity index (χ0v) is 13.0. The summed E-state index contributed by atoms with van der Waals surface area (Å²) in [4.78, 5) is 9.56. The molecule has 0 bridgehead atoms. The first kappa shape index (κ1) is 14.1. The highest BCUT2D eigenvalue weighted by molar-refractivity contribution is 5.17. The molecule has 4 nitrogen and oxygen atoms in total. The highest BCUT2D eigenvalue weighted by Crippen LogP contribution is 2.28. The Bertz CT molecular complexity index is 438.